The molecule has 12 heteroatoms. The number of hydrogen-bond donors (Lipinski definition) is 2. The van der Waals surface area contributed by atoms with Crippen molar-refractivity contribution in [3.63, 3.8) is 0 Å². The minimum Gasteiger partial charge on any atom is -0.303 e. The lowest BCUT2D eigenvalue weighted by atomic mass is 9.93. The van der Waals surface area contributed by atoms with Gasteiger partial charge in [-0.2, -0.15) is 10.2 Å². The van der Waals surface area contributed by atoms with Crippen molar-refractivity contribution in [1.82, 2.24) is 29.5 Å². The molecule has 2 aromatic heterocycles. The van der Waals surface area contributed by atoms with Crippen LogP contribution in [-0.2, 0) is 27.8 Å². The highest BCUT2D eigenvalue weighted by atomic mass is 31.2. The first kappa shape index (κ1) is 17.4. The monoisotopic (exact) mass is 368 g/mol. The molecule has 1 aromatic carbocycles. The maximum atomic E-state index is 13.3. The Morgan fingerprint density at radius 2 is 1.56 bits per heavy atom. The number of phosphoric ester groups is 1. The van der Waals surface area contributed by atoms with Gasteiger partial charge in [0, 0.05) is 0 Å². The summed E-state index contributed by atoms with van der Waals surface area (Å²) in [5.74, 6) is -0.490. The summed E-state index contributed by atoms with van der Waals surface area (Å²) in [6.07, 6.45) is 5.32. The van der Waals surface area contributed by atoms with Gasteiger partial charge in [0.15, 0.2) is 0 Å². The molecule has 0 spiro atoms. The van der Waals surface area contributed by atoms with Crippen LogP contribution in [0.3, 0.4) is 0 Å². The number of halogens is 1. The fraction of sp³-hybridized carbons (Fsp3) is 0.231. The van der Waals surface area contributed by atoms with Crippen molar-refractivity contribution >= 4 is 7.82 Å². The molecule has 0 aliphatic rings. The molecule has 0 radical (unpaired) electrons. The van der Waals surface area contributed by atoms with E-state index in [0.29, 0.717) is 5.56 Å². The highest BCUT2D eigenvalue weighted by molar-refractivity contribution is 7.46. The predicted molar refractivity (Wildman–Crippen MR) is 81.3 cm³/mol. The highest BCUT2D eigenvalue weighted by Gasteiger charge is 2.41. The van der Waals surface area contributed by atoms with Crippen LogP contribution < -0.4 is 0 Å². The standard InChI is InChI=1S/C13H14FN6O4P/c14-12-3-1-11(2-4-12)13(24-25(21,22)23,5-19-9-15-7-17-19)6-20-10-16-8-18-20/h1-4,7-10H,5-6H2,(H2,21,22,23). The minimum atomic E-state index is -4.92. The molecule has 25 heavy (non-hydrogen) atoms. The van der Waals surface area contributed by atoms with Gasteiger partial charge in [-0.15, -0.1) is 0 Å². The molecule has 0 fully saturated rings. The number of aromatic nitrogens is 6. The van der Waals surface area contributed by atoms with E-state index in [1.165, 1.54) is 58.9 Å². The fourth-order valence-corrected chi connectivity index (χ4v) is 3.15. The fourth-order valence-electron chi connectivity index (χ4n) is 2.48. The lowest BCUT2D eigenvalue weighted by molar-refractivity contribution is -0.00557. The van der Waals surface area contributed by atoms with Crippen LogP contribution in [0.2, 0.25) is 0 Å². The molecule has 0 bridgehead atoms. The maximum absolute atomic E-state index is 13.3. The molecular weight excluding hydrogens is 354 g/mol. The molecule has 0 aliphatic heterocycles. The molecule has 10 nitrogen and oxygen atoms in total. The molecule has 3 rings (SSSR count). The number of nitrogens with zero attached hydrogens (tertiary/aromatic N) is 6. The average molecular weight is 368 g/mol. The van der Waals surface area contributed by atoms with Gasteiger partial charge in [0.1, 0.15) is 36.7 Å². The Labute approximate surface area is 141 Å². The average Bonchev–Trinajstić information content (AvgIpc) is 3.20. The summed E-state index contributed by atoms with van der Waals surface area (Å²) in [6.45, 7) is -0.187. The van der Waals surface area contributed by atoms with Crippen molar-refractivity contribution < 1.29 is 23.3 Å². The van der Waals surface area contributed by atoms with E-state index in [1.807, 2.05) is 0 Å². The summed E-state index contributed by atoms with van der Waals surface area (Å²) in [6, 6.07) is 5.13. The van der Waals surface area contributed by atoms with E-state index in [1.54, 1.807) is 0 Å². The van der Waals surface area contributed by atoms with Crippen LogP contribution in [0.1, 0.15) is 5.56 Å². The Morgan fingerprint density at radius 1 is 1.04 bits per heavy atom. The number of phosphoric acid groups is 1. The van der Waals surface area contributed by atoms with E-state index in [9.17, 15) is 18.7 Å². The van der Waals surface area contributed by atoms with Gasteiger partial charge in [-0.25, -0.2) is 28.3 Å². The smallest absolute Gasteiger partial charge is 0.303 e. The molecule has 0 atom stereocenters. The van der Waals surface area contributed by atoms with Crippen LogP contribution in [-0.4, -0.2) is 39.3 Å². The second kappa shape index (κ2) is 6.81. The second-order valence-electron chi connectivity index (χ2n) is 5.27. The molecule has 0 amide bonds. The Hall–Kier alpha value is -2.46. The summed E-state index contributed by atoms with van der Waals surface area (Å²) >= 11 is 0. The lowest BCUT2D eigenvalue weighted by Crippen LogP contribution is -2.39. The predicted octanol–water partition coefficient (Wildman–Crippen LogP) is 0.714. The zero-order chi connectivity index (χ0) is 17.9. The van der Waals surface area contributed by atoms with Crippen molar-refractivity contribution in [2.24, 2.45) is 0 Å². The molecule has 3 aromatic rings. The van der Waals surface area contributed by atoms with Gasteiger partial charge < -0.3 is 9.79 Å². The van der Waals surface area contributed by atoms with Crippen molar-refractivity contribution in [2.75, 3.05) is 0 Å². The summed E-state index contributed by atoms with van der Waals surface area (Å²) in [5.41, 5.74) is -1.25. The van der Waals surface area contributed by atoms with E-state index >= 15 is 0 Å². The summed E-state index contributed by atoms with van der Waals surface area (Å²) in [4.78, 5) is 26.5. The van der Waals surface area contributed by atoms with Crippen LogP contribution in [0.25, 0.3) is 0 Å². The van der Waals surface area contributed by atoms with Crippen LogP contribution in [0.15, 0.2) is 49.6 Å². The quantitative estimate of drug-likeness (QED) is 0.584. The van der Waals surface area contributed by atoms with Gasteiger partial charge in [-0.1, -0.05) is 12.1 Å². The topological polar surface area (TPSA) is 128 Å². The van der Waals surface area contributed by atoms with E-state index in [2.05, 4.69) is 20.2 Å². The molecule has 0 aliphatic carbocycles. The highest BCUT2D eigenvalue weighted by Crippen LogP contribution is 2.47. The third-order valence-electron chi connectivity index (χ3n) is 3.43. The van der Waals surface area contributed by atoms with E-state index in [-0.39, 0.29) is 13.1 Å². The van der Waals surface area contributed by atoms with Crippen LogP contribution >= 0.6 is 7.82 Å². The SMILES string of the molecule is O=P(O)(O)OC(Cn1cncn1)(Cn1cncn1)c1ccc(F)cc1. The third-order valence-corrected chi connectivity index (χ3v) is 4.02. The van der Waals surface area contributed by atoms with Gasteiger partial charge in [-0.05, 0) is 17.7 Å². The maximum Gasteiger partial charge on any atom is 0.470 e. The molecule has 2 heterocycles. The van der Waals surface area contributed by atoms with Crippen molar-refractivity contribution in [2.45, 2.75) is 18.7 Å². The Balaban J connectivity index is 2.10. The molecule has 0 unspecified atom stereocenters. The van der Waals surface area contributed by atoms with Crippen LogP contribution in [0.4, 0.5) is 4.39 Å². The van der Waals surface area contributed by atoms with Gasteiger partial charge in [-0.3, -0.25) is 4.52 Å². The van der Waals surface area contributed by atoms with Crippen LogP contribution in [0.5, 0.6) is 0 Å². The summed E-state index contributed by atoms with van der Waals surface area (Å²) < 4.78 is 32.8. The molecule has 2 N–H and O–H groups in total. The third kappa shape index (κ3) is 4.34. The zero-order valence-corrected chi connectivity index (χ0v) is 13.6. The lowest BCUT2D eigenvalue weighted by Gasteiger charge is -2.33. The van der Waals surface area contributed by atoms with Gasteiger partial charge in [0.05, 0.1) is 13.1 Å². The van der Waals surface area contributed by atoms with Gasteiger partial charge >= 0.3 is 7.82 Å². The van der Waals surface area contributed by atoms with Crippen molar-refractivity contribution in [3.05, 3.63) is 61.0 Å². The summed E-state index contributed by atoms with van der Waals surface area (Å²) in [5, 5.41) is 7.91. The van der Waals surface area contributed by atoms with E-state index in [0.717, 1.165) is 0 Å². The van der Waals surface area contributed by atoms with Gasteiger partial charge in [0.25, 0.3) is 0 Å². The molecule has 0 saturated heterocycles. The Kier molecular flexibility index (Phi) is 4.73. The number of benzene rings is 1. The first-order valence-electron chi connectivity index (χ1n) is 7.03. The second-order valence-corrected chi connectivity index (χ2v) is 6.43. The van der Waals surface area contributed by atoms with Crippen molar-refractivity contribution in [3.8, 4) is 0 Å². The Bertz CT molecular complexity index is 813. The van der Waals surface area contributed by atoms with E-state index < -0.39 is 19.2 Å². The van der Waals surface area contributed by atoms with Gasteiger partial charge in [0.2, 0.25) is 0 Å². The largest absolute Gasteiger partial charge is 0.470 e. The minimum absolute atomic E-state index is 0.0936. The number of rotatable bonds is 7. The number of hydrogen-bond acceptors (Lipinski definition) is 6. The zero-order valence-electron chi connectivity index (χ0n) is 12.8. The Morgan fingerprint density at radius 3 is 1.96 bits per heavy atom. The normalized spacial score (nSPS) is 12.4. The molecule has 132 valence electrons. The first-order valence-corrected chi connectivity index (χ1v) is 8.57. The van der Waals surface area contributed by atoms with Crippen molar-refractivity contribution in [1.29, 1.82) is 0 Å². The summed E-state index contributed by atoms with van der Waals surface area (Å²) in [7, 11) is -4.92. The van der Waals surface area contributed by atoms with E-state index in [4.69, 9.17) is 4.52 Å². The van der Waals surface area contributed by atoms with Crippen LogP contribution in [0, 0.1) is 5.82 Å². The molecular formula is C13H14FN6O4P. The molecule has 0 saturated carbocycles. The first-order chi connectivity index (χ1) is 11.9.